The van der Waals surface area contributed by atoms with Crippen molar-refractivity contribution in [3.8, 4) is 0 Å². The fourth-order valence-electron chi connectivity index (χ4n) is 3.60. The number of ether oxygens (including phenoxy) is 1. The van der Waals surface area contributed by atoms with Crippen LogP contribution >= 0.6 is 0 Å². The second-order valence-electron chi connectivity index (χ2n) is 6.81. The van der Waals surface area contributed by atoms with Gasteiger partial charge in [-0.15, -0.1) is 0 Å². The highest BCUT2D eigenvalue weighted by molar-refractivity contribution is 5.94. The van der Waals surface area contributed by atoms with Crippen LogP contribution in [0.5, 0.6) is 0 Å². The van der Waals surface area contributed by atoms with Crippen molar-refractivity contribution in [2.24, 2.45) is 0 Å². The molecule has 2 aliphatic rings. The maximum absolute atomic E-state index is 12.9. The second kappa shape index (κ2) is 7.99. The van der Waals surface area contributed by atoms with Gasteiger partial charge in [-0.05, 0) is 5.56 Å². The number of carbonyl (C=O) groups excluding carboxylic acids is 1. The highest BCUT2D eigenvalue weighted by atomic mass is 16.5. The molecule has 0 saturated carbocycles. The molecular formula is C19H25N5O2. The van der Waals surface area contributed by atoms with E-state index in [9.17, 15) is 4.79 Å². The minimum Gasteiger partial charge on any atom is -0.379 e. The van der Waals surface area contributed by atoms with E-state index in [4.69, 9.17) is 4.74 Å². The summed E-state index contributed by atoms with van der Waals surface area (Å²) in [6.45, 7) is 5.64. The maximum atomic E-state index is 12.9. The Morgan fingerprint density at radius 1 is 1.27 bits per heavy atom. The van der Waals surface area contributed by atoms with Gasteiger partial charge >= 0.3 is 0 Å². The van der Waals surface area contributed by atoms with Gasteiger partial charge in [0.25, 0.3) is 5.91 Å². The van der Waals surface area contributed by atoms with Crippen LogP contribution in [0.3, 0.4) is 0 Å². The molecule has 0 radical (unpaired) electrons. The fraction of sp³-hybridized carbons (Fsp3) is 0.474. The Kier molecular flexibility index (Phi) is 5.29. The van der Waals surface area contributed by atoms with Gasteiger partial charge in [0.2, 0.25) is 0 Å². The number of hydrogen-bond donors (Lipinski definition) is 3. The van der Waals surface area contributed by atoms with E-state index in [1.54, 1.807) is 0 Å². The summed E-state index contributed by atoms with van der Waals surface area (Å²) in [6.07, 6.45) is 0.880. The second-order valence-corrected chi connectivity index (χ2v) is 6.81. The van der Waals surface area contributed by atoms with Crippen LogP contribution < -0.4 is 10.6 Å². The molecule has 1 aromatic carbocycles. The van der Waals surface area contributed by atoms with Crippen LogP contribution in [-0.4, -0.2) is 60.4 Å². The van der Waals surface area contributed by atoms with Gasteiger partial charge in [-0.25, -0.2) is 0 Å². The van der Waals surface area contributed by atoms with E-state index < -0.39 is 0 Å². The Morgan fingerprint density at radius 3 is 2.88 bits per heavy atom. The summed E-state index contributed by atoms with van der Waals surface area (Å²) < 4.78 is 5.44. The first-order valence-electron chi connectivity index (χ1n) is 9.24. The zero-order chi connectivity index (χ0) is 17.8. The van der Waals surface area contributed by atoms with Crippen molar-refractivity contribution in [2.75, 3.05) is 39.4 Å². The van der Waals surface area contributed by atoms with Gasteiger partial charge in [-0.1, -0.05) is 30.3 Å². The third-order valence-electron chi connectivity index (χ3n) is 5.07. The van der Waals surface area contributed by atoms with E-state index in [1.807, 2.05) is 18.2 Å². The van der Waals surface area contributed by atoms with Crippen LogP contribution in [0.25, 0.3) is 0 Å². The number of aromatic amines is 1. The highest BCUT2D eigenvalue weighted by Gasteiger charge is 2.25. The van der Waals surface area contributed by atoms with Crippen LogP contribution in [0.1, 0.15) is 33.4 Å². The number of nitrogens with one attached hydrogen (secondary N) is 3. The van der Waals surface area contributed by atoms with Gasteiger partial charge in [0.1, 0.15) is 0 Å². The third kappa shape index (κ3) is 3.80. The van der Waals surface area contributed by atoms with E-state index in [-0.39, 0.29) is 11.9 Å². The Bertz CT molecular complexity index is 740. The highest BCUT2D eigenvalue weighted by Crippen LogP contribution is 2.19. The van der Waals surface area contributed by atoms with E-state index >= 15 is 0 Å². The molecule has 0 aliphatic carbocycles. The third-order valence-corrected chi connectivity index (χ3v) is 5.07. The lowest BCUT2D eigenvalue weighted by atomic mass is 10.0. The SMILES string of the molecule is O=C(NC(CN1CCOCC1)c1ccccc1)c1n[nH]c2c1CNCC2. The molecule has 1 unspecified atom stereocenters. The minimum absolute atomic E-state index is 0.0781. The van der Waals surface area contributed by atoms with E-state index in [2.05, 4.69) is 37.9 Å². The fourth-order valence-corrected chi connectivity index (χ4v) is 3.60. The van der Waals surface area contributed by atoms with Gasteiger partial charge in [0.05, 0.1) is 19.3 Å². The molecule has 1 fully saturated rings. The lowest BCUT2D eigenvalue weighted by molar-refractivity contribution is 0.0332. The van der Waals surface area contributed by atoms with Crippen molar-refractivity contribution in [3.05, 3.63) is 52.8 Å². The average Bonchev–Trinajstić information content (AvgIpc) is 3.13. The summed E-state index contributed by atoms with van der Waals surface area (Å²) in [4.78, 5) is 15.3. The van der Waals surface area contributed by atoms with Gasteiger partial charge < -0.3 is 15.4 Å². The predicted molar refractivity (Wildman–Crippen MR) is 97.9 cm³/mol. The normalized spacial score (nSPS) is 18.9. The summed E-state index contributed by atoms with van der Waals surface area (Å²) in [5.41, 5.74) is 3.68. The average molecular weight is 355 g/mol. The molecule has 7 nitrogen and oxygen atoms in total. The lowest BCUT2D eigenvalue weighted by Crippen LogP contribution is -2.43. The Hall–Kier alpha value is -2.22. The molecule has 1 saturated heterocycles. The number of carbonyl (C=O) groups is 1. The standard InChI is InChI=1S/C19H25N5O2/c25-19(18-15-12-20-7-6-16(15)22-23-18)21-17(14-4-2-1-3-5-14)13-24-8-10-26-11-9-24/h1-5,17,20H,6-13H2,(H,21,25)(H,22,23). The molecule has 0 spiro atoms. The largest absolute Gasteiger partial charge is 0.379 e. The first-order valence-corrected chi connectivity index (χ1v) is 9.24. The minimum atomic E-state index is -0.117. The number of benzene rings is 1. The Balaban J connectivity index is 1.52. The van der Waals surface area contributed by atoms with Crippen LogP contribution in [-0.2, 0) is 17.7 Å². The zero-order valence-electron chi connectivity index (χ0n) is 14.8. The molecule has 138 valence electrons. The van der Waals surface area contributed by atoms with Crippen molar-refractivity contribution < 1.29 is 9.53 Å². The van der Waals surface area contributed by atoms with Crippen LogP contribution in [0.2, 0.25) is 0 Å². The number of morpholine rings is 1. The topological polar surface area (TPSA) is 82.3 Å². The molecule has 4 rings (SSSR count). The molecule has 26 heavy (non-hydrogen) atoms. The summed E-state index contributed by atoms with van der Waals surface area (Å²) in [7, 11) is 0. The molecule has 2 aromatic rings. The van der Waals surface area contributed by atoms with Gasteiger partial charge in [-0.2, -0.15) is 5.10 Å². The van der Waals surface area contributed by atoms with Crippen LogP contribution in [0.4, 0.5) is 0 Å². The molecule has 0 bridgehead atoms. The number of hydrogen-bond acceptors (Lipinski definition) is 5. The summed E-state index contributed by atoms with van der Waals surface area (Å²) in [5.74, 6) is -0.117. The molecule has 7 heteroatoms. The quantitative estimate of drug-likeness (QED) is 0.741. The van der Waals surface area contributed by atoms with Crippen molar-refractivity contribution in [2.45, 2.75) is 19.0 Å². The number of fused-ring (bicyclic) bond motifs is 1. The van der Waals surface area contributed by atoms with Crippen LogP contribution in [0, 0.1) is 0 Å². The van der Waals surface area contributed by atoms with Crippen molar-refractivity contribution in [3.63, 3.8) is 0 Å². The summed E-state index contributed by atoms with van der Waals surface area (Å²) in [5, 5.41) is 13.8. The molecule has 1 amide bonds. The summed E-state index contributed by atoms with van der Waals surface area (Å²) >= 11 is 0. The molecule has 1 aromatic heterocycles. The molecular weight excluding hydrogens is 330 g/mol. The smallest absolute Gasteiger partial charge is 0.272 e. The first kappa shape index (κ1) is 17.2. The van der Waals surface area contributed by atoms with Crippen molar-refractivity contribution >= 4 is 5.91 Å². The Labute approximate surface area is 153 Å². The van der Waals surface area contributed by atoms with Gasteiger partial charge in [-0.3, -0.25) is 14.8 Å². The molecule has 2 aliphatic heterocycles. The number of H-pyrrole nitrogens is 1. The molecule has 1 atom stereocenters. The van der Waals surface area contributed by atoms with Gasteiger partial charge in [0.15, 0.2) is 5.69 Å². The first-order chi connectivity index (χ1) is 12.8. The van der Waals surface area contributed by atoms with Crippen molar-refractivity contribution in [1.82, 2.24) is 25.7 Å². The Morgan fingerprint density at radius 2 is 2.08 bits per heavy atom. The monoisotopic (exact) mass is 355 g/mol. The number of aromatic nitrogens is 2. The van der Waals surface area contributed by atoms with E-state index in [0.29, 0.717) is 12.2 Å². The predicted octanol–water partition coefficient (Wildman–Crippen LogP) is 0.859. The van der Waals surface area contributed by atoms with Crippen LogP contribution in [0.15, 0.2) is 30.3 Å². The molecule has 3 N–H and O–H groups in total. The summed E-state index contributed by atoms with van der Waals surface area (Å²) in [6, 6.07) is 10.1. The van der Waals surface area contributed by atoms with Crippen molar-refractivity contribution in [1.29, 1.82) is 0 Å². The lowest BCUT2D eigenvalue weighted by Gasteiger charge is -2.31. The number of amides is 1. The zero-order valence-corrected chi connectivity index (χ0v) is 14.8. The number of rotatable bonds is 5. The maximum Gasteiger partial charge on any atom is 0.272 e. The van der Waals surface area contributed by atoms with Gasteiger partial charge in [0, 0.05) is 50.4 Å². The molecule has 3 heterocycles. The van der Waals surface area contributed by atoms with E-state index in [1.165, 1.54) is 0 Å². The van der Waals surface area contributed by atoms with E-state index in [0.717, 1.165) is 62.6 Å². The number of nitrogens with zero attached hydrogens (tertiary/aromatic N) is 2.